The molecule has 114 valence electrons. The Bertz CT molecular complexity index is 572. The minimum absolute atomic E-state index is 0.268. The van der Waals surface area contributed by atoms with Crippen LogP contribution in [0.1, 0.15) is 19.8 Å². The van der Waals surface area contributed by atoms with Gasteiger partial charge in [-0.15, -0.1) is 0 Å². The summed E-state index contributed by atoms with van der Waals surface area (Å²) in [5.74, 6) is -3.73. The topological polar surface area (TPSA) is 75.6 Å². The number of benzene rings is 1. The van der Waals surface area contributed by atoms with E-state index in [1.54, 1.807) is 6.92 Å². The Balaban J connectivity index is 1.91. The van der Waals surface area contributed by atoms with E-state index in [2.05, 4.69) is 5.32 Å². The molecule has 0 saturated heterocycles. The van der Waals surface area contributed by atoms with Crippen molar-refractivity contribution in [3.63, 3.8) is 0 Å². The molecule has 1 unspecified atom stereocenters. The number of carboxylic acids is 1. The summed E-state index contributed by atoms with van der Waals surface area (Å²) >= 11 is 0. The largest absolute Gasteiger partial charge is 0.481 e. The highest BCUT2D eigenvalue weighted by molar-refractivity contribution is 5.85. The molecule has 1 aromatic rings. The molecule has 0 aromatic heterocycles. The van der Waals surface area contributed by atoms with Gasteiger partial charge in [0.25, 0.3) is 5.91 Å². The molecule has 21 heavy (non-hydrogen) atoms. The third-order valence-electron chi connectivity index (χ3n) is 3.54. The van der Waals surface area contributed by atoms with Gasteiger partial charge in [0.2, 0.25) is 0 Å². The van der Waals surface area contributed by atoms with E-state index in [-0.39, 0.29) is 5.75 Å². The fourth-order valence-corrected chi connectivity index (χ4v) is 1.96. The predicted octanol–water partition coefficient (Wildman–Crippen LogP) is 1.71. The summed E-state index contributed by atoms with van der Waals surface area (Å²) in [4.78, 5) is 22.8. The van der Waals surface area contributed by atoms with E-state index in [1.807, 2.05) is 0 Å². The van der Waals surface area contributed by atoms with Crippen LogP contribution in [0.3, 0.4) is 0 Å². The molecule has 0 spiro atoms. The molecule has 1 fully saturated rings. The monoisotopic (exact) mass is 299 g/mol. The van der Waals surface area contributed by atoms with Gasteiger partial charge < -0.3 is 15.2 Å². The molecule has 0 aliphatic heterocycles. The lowest BCUT2D eigenvalue weighted by Gasteiger charge is -2.20. The smallest absolute Gasteiger partial charge is 0.326 e. The van der Waals surface area contributed by atoms with E-state index in [0.717, 1.165) is 25.0 Å². The molecule has 0 radical (unpaired) electrons. The van der Waals surface area contributed by atoms with Crippen molar-refractivity contribution in [3.8, 4) is 5.75 Å². The van der Waals surface area contributed by atoms with Gasteiger partial charge in [0.1, 0.15) is 11.9 Å². The number of carbonyl (C=O) groups is 2. The molecule has 5 nitrogen and oxygen atoms in total. The molecule has 1 aliphatic rings. The first-order valence-electron chi connectivity index (χ1n) is 6.42. The van der Waals surface area contributed by atoms with Crippen LogP contribution in [-0.2, 0) is 9.59 Å². The van der Waals surface area contributed by atoms with Crippen LogP contribution in [0.2, 0.25) is 0 Å². The Morgan fingerprint density at radius 3 is 2.62 bits per heavy atom. The maximum Gasteiger partial charge on any atom is 0.326 e. The van der Waals surface area contributed by atoms with Crippen LogP contribution in [0, 0.1) is 17.0 Å². The first-order valence-corrected chi connectivity index (χ1v) is 6.42. The lowest BCUT2D eigenvalue weighted by atomic mass is 9.99. The molecule has 2 N–H and O–H groups in total. The number of ether oxygens (including phenoxy) is 1. The summed E-state index contributed by atoms with van der Waals surface area (Å²) in [5, 5.41) is 11.5. The highest BCUT2D eigenvalue weighted by Crippen LogP contribution is 2.48. The van der Waals surface area contributed by atoms with E-state index < -0.39 is 41.6 Å². The van der Waals surface area contributed by atoms with E-state index in [4.69, 9.17) is 9.84 Å². The second-order valence-electron chi connectivity index (χ2n) is 5.36. The summed E-state index contributed by atoms with van der Waals surface area (Å²) in [7, 11) is 0. The first-order chi connectivity index (χ1) is 9.82. The van der Waals surface area contributed by atoms with Crippen LogP contribution in [0.25, 0.3) is 0 Å². The summed E-state index contributed by atoms with van der Waals surface area (Å²) in [6, 6.07) is 1.71. The zero-order valence-corrected chi connectivity index (χ0v) is 11.4. The minimum Gasteiger partial charge on any atom is -0.481 e. The number of halogens is 2. The normalized spacial score (nSPS) is 16.9. The van der Waals surface area contributed by atoms with Gasteiger partial charge in [0.15, 0.2) is 18.2 Å². The summed E-state index contributed by atoms with van der Waals surface area (Å²) < 4.78 is 30.9. The Hall–Kier alpha value is -2.18. The minimum atomic E-state index is -1.11. The molecule has 1 saturated carbocycles. The second kappa shape index (κ2) is 5.67. The van der Waals surface area contributed by atoms with Crippen molar-refractivity contribution in [2.24, 2.45) is 5.41 Å². The Labute approximate surface area is 119 Å². The number of hydrogen-bond donors (Lipinski definition) is 2. The third kappa shape index (κ3) is 3.68. The van der Waals surface area contributed by atoms with Crippen LogP contribution >= 0.6 is 0 Å². The number of carbonyl (C=O) groups excluding carboxylic acids is 1. The van der Waals surface area contributed by atoms with Gasteiger partial charge in [-0.05, 0) is 30.4 Å². The Morgan fingerprint density at radius 1 is 1.43 bits per heavy atom. The molecule has 1 aromatic carbocycles. The Kier molecular flexibility index (Phi) is 4.11. The summed E-state index contributed by atoms with van der Waals surface area (Å²) in [6.45, 7) is 1.23. The molecular formula is C14H15F2NO4. The van der Waals surface area contributed by atoms with E-state index in [1.165, 1.54) is 0 Å². The summed E-state index contributed by atoms with van der Waals surface area (Å²) in [5.41, 5.74) is -0.442. The van der Waals surface area contributed by atoms with Gasteiger partial charge in [-0.25, -0.2) is 13.6 Å². The van der Waals surface area contributed by atoms with Crippen LogP contribution in [0.15, 0.2) is 18.2 Å². The van der Waals surface area contributed by atoms with Crippen molar-refractivity contribution < 1.29 is 28.2 Å². The van der Waals surface area contributed by atoms with Crippen LogP contribution < -0.4 is 10.1 Å². The highest BCUT2D eigenvalue weighted by atomic mass is 19.1. The standard InChI is InChI=1S/C14H15F2NO4/c1-14(4-5-14)12(13(19)20)17-11(18)7-21-10-3-2-8(15)6-9(10)16/h2-3,6,12H,4-5,7H2,1H3,(H,17,18)(H,19,20). The zero-order chi connectivity index (χ0) is 15.6. The highest BCUT2D eigenvalue weighted by Gasteiger charge is 2.49. The van der Waals surface area contributed by atoms with Crippen molar-refractivity contribution >= 4 is 11.9 Å². The first kappa shape index (κ1) is 15.2. The zero-order valence-electron chi connectivity index (χ0n) is 11.4. The number of aliphatic carboxylic acids is 1. The van der Waals surface area contributed by atoms with Crippen molar-refractivity contribution in [2.45, 2.75) is 25.8 Å². The van der Waals surface area contributed by atoms with Gasteiger partial charge in [-0.2, -0.15) is 0 Å². The lowest BCUT2D eigenvalue weighted by Crippen LogP contribution is -2.47. The molecule has 0 bridgehead atoms. The molecule has 2 rings (SSSR count). The van der Waals surface area contributed by atoms with Crippen molar-refractivity contribution in [1.29, 1.82) is 0 Å². The predicted molar refractivity (Wildman–Crippen MR) is 68.8 cm³/mol. The van der Waals surface area contributed by atoms with E-state index in [9.17, 15) is 18.4 Å². The maximum absolute atomic E-state index is 13.3. The molecule has 1 amide bonds. The van der Waals surface area contributed by atoms with Crippen molar-refractivity contribution in [3.05, 3.63) is 29.8 Å². The van der Waals surface area contributed by atoms with Crippen molar-refractivity contribution in [2.75, 3.05) is 6.61 Å². The van der Waals surface area contributed by atoms with Crippen LogP contribution in [0.5, 0.6) is 5.75 Å². The number of amides is 1. The molecule has 1 aliphatic carbocycles. The number of nitrogens with one attached hydrogen (secondary N) is 1. The lowest BCUT2D eigenvalue weighted by molar-refractivity contribution is -0.144. The van der Waals surface area contributed by atoms with E-state index in [0.29, 0.717) is 6.07 Å². The molecule has 7 heteroatoms. The van der Waals surface area contributed by atoms with Crippen LogP contribution in [0.4, 0.5) is 8.78 Å². The molecule has 0 heterocycles. The van der Waals surface area contributed by atoms with Gasteiger partial charge >= 0.3 is 5.97 Å². The van der Waals surface area contributed by atoms with Crippen molar-refractivity contribution in [1.82, 2.24) is 5.32 Å². The maximum atomic E-state index is 13.3. The average Bonchev–Trinajstić information content (AvgIpc) is 3.13. The fraction of sp³-hybridized carbons (Fsp3) is 0.429. The van der Waals surface area contributed by atoms with E-state index >= 15 is 0 Å². The van der Waals surface area contributed by atoms with Gasteiger partial charge in [-0.3, -0.25) is 4.79 Å². The second-order valence-corrected chi connectivity index (χ2v) is 5.36. The van der Waals surface area contributed by atoms with Crippen LogP contribution in [-0.4, -0.2) is 29.6 Å². The Morgan fingerprint density at radius 2 is 2.10 bits per heavy atom. The summed E-state index contributed by atoms with van der Waals surface area (Å²) in [6.07, 6.45) is 1.44. The van der Waals surface area contributed by atoms with Gasteiger partial charge in [-0.1, -0.05) is 6.92 Å². The number of carboxylic acid groups (broad SMARTS) is 1. The third-order valence-corrected chi connectivity index (χ3v) is 3.54. The molecular weight excluding hydrogens is 284 g/mol. The number of rotatable bonds is 6. The van der Waals surface area contributed by atoms with Gasteiger partial charge in [0, 0.05) is 6.07 Å². The SMILES string of the molecule is CC1(C(NC(=O)COc2ccc(F)cc2F)C(=O)O)CC1. The average molecular weight is 299 g/mol. The molecule has 1 atom stereocenters. The quantitative estimate of drug-likeness (QED) is 0.838. The van der Waals surface area contributed by atoms with Gasteiger partial charge in [0.05, 0.1) is 0 Å². The number of hydrogen-bond acceptors (Lipinski definition) is 3. The fourth-order valence-electron chi connectivity index (χ4n) is 1.96.